The van der Waals surface area contributed by atoms with E-state index in [0.29, 0.717) is 28.7 Å². The van der Waals surface area contributed by atoms with Gasteiger partial charge in [0.15, 0.2) is 5.84 Å². The van der Waals surface area contributed by atoms with Crippen LogP contribution in [0, 0.1) is 15.5 Å². The lowest BCUT2D eigenvalue weighted by molar-refractivity contribution is -0.384. The number of hydrogen-bond donors (Lipinski definition) is 1. The van der Waals surface area contributed by atoms with Gasteiger partial charge in [-0.15, -0.1) is 11.3 Å². The van der Waals surface area contributed by atoms with Crippen LogP contribution < -0.4 is 0 Å². The summed E-state index contributed by atoms with van der Waals surface area (Å²) in [5.41, 5.74) is 0.538. The number of carbonyl (C=O) groups is 1. The number of aliphatic imine (C=N–C) groups is 1. The Kier molecular flexibility index (Phi) is 5.04. The number of carbonyl (C=O) groups excluding carboxylic acids is 1. The average molecular weight is 464 g/mol. The monoisotopic (exact) mass is 463 g/mol. The number of hydrazone groups is 1. The number of nitrogens with zero attached hydrogens (tertiary/aromatic N) is 4. The normalized spacial score (nSPS) is 16.9. The molecule has 0 fully saturated rings. The molecule has 0 saturated carbocycles. The largest absolute Gasteiger partial charge is 0.457 e. The molecule has 1 amide bonds. The van der Waals surface area contributed by atoms with Gasteiger partial charge in [-0.3, -0.25) is 20.3 Å². The predicted molar refractivity (Wildman–Crippen MR) is 124 cm³/mol. The van der Waals surface area contributed by atoms with Gasteiger partial charge in [-0.05, 0) is 41.4 Å². The molecule has 0 aliphatic carbocycles. The summed E-state index contributed by atoms with van der Waals surface area (Å²) in [5.74, 6) is 0.108. The number of nitro benzene ring substituents is 1. The Morgan fingerprint density at radius 3 is 2.88 bits per heavy atom. The summed E-state index contributed by atoms with van der Waals surface area (Å²) in [6.07, 6.45) is 2.05. The highest BCUT2D eigenvalue weighted by Crippen LogP contribution is 2.31. The number of thioether (sulfide) groups is 1. The molecule has 158 valence electrons. The van der Waals surface area contributed by atoms with Crippen molar-refractivity contribution in [3.05, 3.63) is 80.2 Å². The minimum Gasteiger partial charge on any atom is -0.457 e. The van der Waals surface area contributed by atoms with Crippen molar-refractivity contribution < 1.29 is 14.1 Å². The van der Waals surface area contributed by atoms with Crippen LogP contribution >= 0.6 is 23.1 Å². The number of amides is 1. The van der Waals surface area contributed by atoms with Gasteiger partial charge in [0, 0.05) is 29.0 Å². The van der Waals surface area contributed by atoms with Gasteiger partial charge in [-0.2, -0.15) is 15.1 Å². The van der Waals surface area contributed by atoms with Gasteiger partial charge in [0.25, 0.3) is 11.6 Å². The Balaban J connectivity index is 1.40. The van der Waals surface area contributed by atoms with E-state index in [1.165, 1.54) is 35.0 Å². The zero-order valence-electron chi connectivity index (χ0n) is 16.2. The van der Waals surface area contributed by atoms with Crippen molar-refractivity contribution in [2.24, 2.45) is 10.1 Å². The van der Waals surface area contributed by atoms with Crippen molar-refractivity contribution in [2.45, 2.75) is 6.42 Å². The van der Waals surface area contributed by atoms with Crippen LogP contribution in [-0.4, -0.2) is 31.9 Å². The molecule has 32 heavy (non-hydrogen) atoms. The van der Waals surface area contributed by atoms with Crippen molar-refractivity contribution in [1.82, 2.24) is 5.01 Å². The lowest BCUT2D eigenvalue weighted by Crippen LogP contribution is -2.35. The van der Waals surface area contributed by atoms with Crippen LogP contribution in [0.2, 0.25) is 0 Å². The van der Waals surface area contributed by atoms with E-state index in [1.807, 2.05) is 17.5 Å². The molecule has 0 unspecified atom stereocenters. The number of fused-ring (bicyclic) bond motifs is 1. The fraction of sp³-hybridized carbons (Fsp3) is 0.0476. The van der Waals surface area contributed by atoms with Crippen molar-refractivity contribution in [3.8, 4) is 11.3 Å². The topological polar surface area (TPSA) is 125 Å². The Hall–Kier alpha value is -3.83. The molecule has 0 atom stereocenters. The molecule has 0 radical (unpaired) electrons. The Morgan fingerprint density at radius 2 is 2.09 bits per heavy atom. The molecule has 0 bridgehead atoms. The Morgan fingerprint density at radius 1 is 1.22 bits per heavy atom. The van der Waals surface area contributed by atoms with Crippen molar-refractivity contribution in [1.29, 1.82) is 5.41 Å². The summed E-state index contributed by atoms with van der Waals surface area (Å²) in [7, 11) is 0. The third kappa shape index (κ3) is 3.79. The predicted octanol–water partition coefficient (Wildman–Crippen LogP) is 4.78. The number of amidine groups is 2. The first kappa shape index (κ1) is 20.1. The number of nitrogens with one attached hydrogen (secondary N) is 1. The third-order valence-corrected chi connectivity index (χ3v) is 6.44. The molecular weight excluding hydrogens is 450 g/mol. The van der Waals surface area contributed by atoms with Crippen LogP contribution in [0.5, 0.6) is 0 Å². The number of hydrogen-bond acceptors (Lipinski definition) is 8. The zero-order chi connectivity index (χ0) is 22.2. The standard InChI is InChI=1S/C21H13N5O4S2/c22-19-16(10-14-6-7-17(30-14)12-3-1-4-13(9-12)26(28)29)20(27)23-21-25(19)24-18(32-21)11-15-5-2-8-31-15/h1-10,22H,11H2/b16-10+,22-19?. The summed E-state index contributed by atoms with van der Waals surface area (Å²) >= 11 is 2.89. The maximum atomic E-state index is 12.6. The summed E-state index contributed by atoms with van der Waals surface area (Å²) in [6.45, 7) is 0. The molecule has 1 aromatic carbocycles. The first-order valence-electron chi connectivity index (χ1n) is 9.34. The minimum atomic E-state index is -0.547. The van der Waals surface area contributed by atoms with Crippen LogP contribution in [0.1, 0.15) is 10.6 Å². The van der Waals surface area contributed by atoms with Gasteiger partial charge in [-0.1, -0.05) is 18.2 Å². The summed E-state index contributed by atoms with van der Waals surface area (Å²) in [5, 5.41) is 28.4. The number of rotatable bonds is 5. The fourth-order valence-corrected chi connectivity index (χ4v) is 4.87. The average Bonchev–Trinajstić information content (AvgIpc) is 3.53. The first-order valence-corrected chi connectivity index (χ1v) is 11.0. The number of thiophene rings is 1. The highest BCUT2D eigenvalue weighted by atomic mass is 32.2. The summed E-state index contributed by atoms with van der Waals surface area (Å²) in [6, 6.07) is 13.3. The molecule has 9 nitrogen and oxygen atoms in total. The second-order valence-electron chi connectivity index (χ2n) is 6.78. The van der Waals surface area contributed by atoms with E-state index in [2.05, 4.69) is 10.1 Å². The van der Waals surface area contributed by atoms with Crippen LogP contribution in [0.4, 0.5) is 5.69 Å². The number of furan rings is 1. The van der Waals surface area contributed by atoms with Crippen LogP contribution in [-0.2, 0) is 11.2 Å². The van der Waals surface area contributed by atoms with Gasteiger partial charge in [0.2, 0.25) is 5.17 Å². The van der Waals surface area contributed by atoms with Gasteiger partial charge in [0.1, 0.15) is 16.6 Å². The van der Waals surface area contributed by atoms with E-state index in [9.17, 15) is 14.9 Å². The summed E-state index contributed by atoms with van der Waals surface area (Å²) < 4.78 is 5.75. The molecular formula is C21H13N5O4S2. The lowest BCUT2D eigenvalue weighted by atomic mass is 10.1. The van der Waals surface area contributed by atoms with Gasteiger partial charge in [0.05, 0.1) is 10.5 Å². The molecule has 3 aromatic rings. The molecule has 2 aliphatic rings. The summed E-state index contributed by atoms with van der Waals surface area (Å²) in [4.78, 5) is 28.3. The Labute approximate surface area is 189 Å². The van der Waals surface area contributed by atoms with Crippen molar-refractivity contribution in [3.63, 3.8) is 0 Å². The highest BCUT2D eigenvalue weighted by Gasteiger charge is 2.35. The van der Waals surface area contributed by atoms with E-state index >= 15 is 0 Å². The van der Waals surface area contributed by atoms with Crippen LogP contribution in [0.15, 0.2) is 74.0 Å². The zero-order valence-corrected chi connectivity index (χ0v) is 17.9. The van der Waals surface area contributed by atoms with Crippen molar-refractivity contribution >= 4 is 56.8 Å². The van der Waals surface area contributed by atoms with E-state index in [4.69, 9.17) is 9.83 Å². The molecule has 1 N–H and O–H groups in total. The van der Waals surface area contributed by atoms with Gasteiger partial charge in [-0.25, -0.2) is 0 Å². The van der Waals surface area contributed by atoms with Gasteiger partial charge < -0.3 is 4.42 Å². The number of nitro groups is 1. The van der Waals surface area contributed by atoms with E-state index in [0.717, 1.165) is 9.92 Å². The SMILES string of the molecule is N=C1/C(=C\c2ccc(-c3cccc([N+](=O)[O-])c3)o2)C(=O)N=C2SC(Cc3cccs3)=NN12. The molecule has 4 heterocycles. The fourth-order valence-electron chi connectivity index (χ4n) is 3.17. The van der Waals surface area contributed by atoms with E-state index in [1.54, 1.807) is 35.6 Å². The number of non-ortho nitro benzene ring substituents is 1. The molecule has 5 rings (SSSR count). The molecule has 11 heteroatoms. The molecule has 2 aromatic heterocycles. The second kappa shape index (κ2) is 8.02. The van der Waals surface area contributed by atoms with Crippen LogP contribution in [0.25, 0.3) is 17.4 Å². The quantitative estimate of drug-likeness (QED) is 0.330. The molecule has 0 saturated heterocycles. The van der Waals surface area contributed by atoms with E-state index < -0.39 is 10.8 Å². The molecule has 2 aliphatic heterocycles. The van der Waals surface area contributed by atoms with Crippen LogP contribution in [0.3, 0.4) is 0 Å². The highest BCUT2D eigenvalue weighted by molar-refractivity contribution is 8.27. The minimum absolute atomic E-state index is 0.0485. The Bertz CT molecular complexity index is 1350. The number of benzene rings is 1. The maximum absolute atomic E-state index is 12.6. The lowest BCUT2D eigenvalue weighted by Gasteiger charge is -2.19. The smallest absolute Gasteiger partial charge is 0.283 e. The first-order chi connectivity index (χ1) is 15.5. The van der Waals surface area contributed by atoms with Crippen molar-refractivity contribution in [2.75, 3.05) is 0 Å². The third-order valence-electron chi connectivity index (χ3n) is 4.66. The second-order valence-corrected chi connectivity index (χ2v) is 8.85. The maximum Gasteiger partial charge on any atom is 0.283 e. The molecule has 0 spiro atoms. The van der Waals surface area contributed by atoms with Gasteiger partial charge >= 0.3 is 0 Å². The van der Waals surface area contributed by atoms with E-state index in [-0.39, 0.29) is 17.1 Å².